The molecule has 0 N–H and O–H groups in total. The number of likely N-dealkylation sites (N-methyl/N-ethyl adjacent to an activating group) is 1. The van der Waals surface area contributed by atoms with Gasteiger partial charge in [0.05, 0.1) is 17.8 Å². The minimum atomic E-state index is -4.50. The molecule has 1 saturated heterocycles. The Morgan fingerprint density at radius 3 is 2.39 bits per heavy atom. The maximum absolute atomic E-state index is 13.2. The molecule has 3 heterocycles. The molecule has 9 heteroatoms. The van der Waals surface area contributed by atoms with Crippen molar-refractivity contribution in [3.63, 3.8) is 0 Å². The number of hydrogen-bond donors (Lipinski definition) is 0. The smallest absolute Gasteiger partial charge is 0.354 e. The molecule has 0 unspecified atom stereocenters. The molecule has 3 aromatic rings. The average molecular weight is 496 g/mol. The summed E-state index contributed by atoms with van der Waals surface area (Å²) in [6.45, 7) is 7.25. The van der Waals surface area contributed by atoms with Crippen LogP contribution in [0, 0.1) is 0 Å². The second-order valence-corrected chi connectivity index (χ2v) is 9.14. The zero-order valence-electron chi connectivity index (χ0n) is 20.1. The van der Waals surface area contributed by atoms with Gasteiger partial charge in [-0.25, -0.2) is 9.97 Å². The molecule has 1 fully saturated rings. The number of carbonyl (C=O) groups is 1. The molecule has 2 aliphatic heterocycles. The Morgan fingerprint density at radius 1 is 0.944 bits per heavy atom. The number of fused-ring (bicyclic) bond motifs is 1. The zero-order valence-corrected chi connectivity index (χ0v) is 20.1. The number of carbonyl (C=O) groups excluding carboxylic acids is 1. The monoisotopic (exact) mass is 495 g/mol. The summed E-state index contributed by atoms with van der Waals surface area (Å²) in [7, 11) is 0. The van der Waals surface area contributed by atoms with Crippen molar-refractivity contribution < 1.29 is 18.0 Å². The Morgan fingerprint density at radius 2 is 1.69 bits per heavy atom. The van der Waals surface area contributed by atoms with Crippen LogP contribution in [0.4, 0.5) is 19.0 Å². The van der Waals surface area contributed by atoms with Crippen LogP contribution in [0.1, 0.15) is 34.1 Å². The fraction of sp³-hybridized carbons (Fsp3) is 0.370. The Bertz CT molecular complexity index is 1240. The lowest BCUT2D eigenvalue weighted by Gasteiger charge is -2.38. The van der Waals surface area contributed by atoms with Crippen molar-refractivity contribution in [1.29, 1.82) is 0 Å². The van der Waals surface area contributed by atoms with Crippen LogP contribution in [0.3, 0.4) is 0 Å². The Kier molecular flexibility index (Phi) is 6.66. The number of aromatic nitrogens is 2. The van der Waals surface area contributed by atoms with E-state index in [0.29, 0.717) is 18.8 Å². The normalized spacial score (nSPS) is 16.7. The van der Waals surface area contributed by atoms with Gasteiger partial charge in [-0.05, 0) is 24.7 Å². The summed E-state index contributed by atoms with van der Waals surface area (Å²) in [5.41, 5.74) is 1.91. The summed E-state index contributed by atoms with van der Waals surface area (Å²) >= 11 is 0. The van der Waals surface area contributed by atoms with Gasteiger partial charge in [0.1, 0.15) is 5.82 Å². The van der Waals surface area contributed by atoms with Crippen LogP contribution in [0.15, 0.2) is 54.6 Å². The number of anilines is 1. The highest BCUT2D eigenvalue weighted by molar-refractivity contribution is 5.94. The molecule has 6 nitrogen and oxygen atoms in total. The van der Waals surface area contributed by atoms with Gasteiger partial charge in [0.25, 0.3) is 5.91 Å². The summed E-state index contributed by atoms with van der Waals surface area (Å²) in [5.74, 6) is 1.05. The van der Waals surface area contributed by atoms with Crippen LogP contribution in [0.5, 0.6) is 0 Å². The van der Waals surface area contributed by atoms with E-state index in [2.05, 4.69) is 16.7 Å². The van der Waals surface area contributed by atoms with E-state index in [9.17, 15) is 18.0 Å². The van der Waals surface area contributed by atoms with Crippen molar-refractivity contribution in [2.24, 2.45) is 0 Å². The summed E-state index contributed by atoms with van der Waals surface area (Å²) in [6, 6.07) is 14.4. The highest BCUT2D eigenvalue weighted by Crippen LogP contribution is 2.32. The second-order valence-electron chi connectivity index (χ2n) is 9.14. The van der Waals surface area contributed by atoms with Crippen LogP contribution < -0.4 is 4.90 Å². The summed E-state index contributed by atoms with van der Waals surface area (Å²) < 4.78 is 39.6. The molecular formula is C27H28F3N5O. The van der Waals surface area contributed by atoms with Gasteiger partial charge < -0.3 is 14.7 Å². The largest absolute Gasteiger partial charge is 0.416 e. The van der Waals surface area contributed by atoms with Gasteiger partial charge in [-0.15, -0.1) is 0 Å². The van der Waals surface area contributed by atoms with Gasteiger partial charge >= 0.3 is 6.18 Å². The molecule has 0 bridgehead atoms. The van der Waals surface area contributed by atoms with Gasteiger partial charge in [0, 0.05) is 55.8 Å². The zero-order chi connectivity index (χ0) is 25.3. The lowest BCUT2D eigenvalue weighted by atomic mass is 10.0. The molecule has 0 atom stereocenters. The maximum Gasteiger partial charge on any atom is 0.416 e. The van der Waals surface area contributed by atoms with E-state index in [1.165, 1.54) is 12.1 Å². The first-order chi connectivity index (χ1) is 17.3. The number of piperazine rings is 1. The van der Waals surface area contributed by atoms with E-state index in [-0.39, 0.29) is 12.1 Å². The first kappa shape index (κ1) is 24.2. The van der Waals surface area contributed by atoms with Gasteiger partial charge in [0.2, 0.25) is 0 Å². The molecule has 36 heavy (non-hydrogen) atoms. The highest BCUT2D eigenvalue weighted by Gasteiger charge is 2.33. The van der Waals surface area contributed by atoms with Crippen LogP contribution in [0.25, 0.3) is 11.4 Å². The first-order valence-corrected chi connectivity index (χ1v) is 12.2. The summed E-state index contributed by atoms with van der Waals surface area (Å²) in [6.07, 6.45) is -3.98. The number of benzene rings is 2. The average Bonchev–Trinajstić information content (AvgIpc) is 2.92. The summed E-state index contributed by atoms with van der Waals surface area (Å²) in [4.78, 5) is 29.3. The predicted octanol–water partition coefficient (Wildman–Crippen LogP) is 4.50. The molecule has 0 saturated carbocycles. The van der Waals surface area contributed by atoms with Gasteiger partial charge in [-0.3, -0.25) is 4.79 Å². The number of amides is 1. The Labute approximate surface area is 208 Å². The van der Waals surface area contributed by atoms with E-state index in [0.717, 1.165) is 67.5 Å². The number of hydrogen-bond acceptors (Lipinski definition) is 5. The minimum absolute atomic E-state index is 0.0354. The van der Waals surface area contributed by atoms with E-state index in [1.807, 2.05) is 30.3 Å². The molecule has 2 aromatic carbocycles. The Hall–Kier alpha value is -3.46. The fourth-order valence-electron chi connectivity index (χ4n) is 4.83. The van der Waals surface area contributed by atoms with Gasteiger partial charge in [-0.1, -0.05) is 43.3 Å². The molecule has 0 spiro atoms. The third kappa shape index (κ3) is 4.93. The van der Waals surface area contributed by atoms with Crippen molar-refractivity contribution in [2.75, 3.05) is 44.2 Å². The Balaban J connectivity index is 1.48. The number of rotatable bonds is 4. The molecule has 5 rings (SSSR count). The molecule has 1 aromatic heterocycles. The standard InChI is InChI=1S/C27H28F3N5O/c1-2-33-13-15-34(16-14-33)25-22-18-35(26(36)20-9-6-10-21(17-20)27(28,29)30)12-11-23(22)31-24(32-25)19-7-4-3-5-8-19/h3-10,17H,2,11-16,18H2,1H3. The van der Waals surface area contributed by atoms with E-state index < -0.39 is 17.6 Å². The minimum Gasteiger partial charge on any atom is -0.354 e. The van der Waals surface area contributed by atoms with Crippen molar-refractivity contribution in [2.45, 2.75) is 26.1 Å². The third-order valence-electron chi connectivity index (χ3n) is 6.91. The maximum atomic E-state index is 13.2. The highest BCUT2D eigenvalue weighted by atomic mass is 19.4. The van der Waals surface area contributed by atoms with Crippen LogP contribution >= 0.6 is 0 Å². The molecule has 1 amide bonds. The van der Waals surface area contributed by atoms with Crippen molar-refractivity contribution in [3.05, 3.63) is 77.0 Å². The number of halogens is 3. The first-order valence-electron chi connectivity index (χ1n) is 12.2. The SMILES string of the molecule is CCN1CCN(c2nc(-c3ccccc3)nc3c2CN(C(=O)c2cccc(C(F)(F)F)c2)CC3)CC1. The predicted molar refractivity (Wildman–Crippen MR) is 132 cm³/mol. The van der Waals surface area contributed by atoms with E-state index >= 15 is 0 Å². The van der Waals surface area contributed by atoms with Gasteiger partial charge in [-0.2, -0.15) is 13.2 Å². The number of alkyl halides is 3. The van der Waals surface area contributed by atoms with Crippen molar-refractivity contribution in [3.8, 4) is 11.4 Å². The molecular weight excluding hydrogens is 467 g/mol. The van der Waals surface area contributed by atoms with Crippen LogP contribution in [-0.2, 0) is 19.1 Å². The lowest BCUT2D eigenvalue weighted by Crippen LogP contribution is -2.47. The number of nitrogens with zero attached hydrogens (tertiary/aromatic N) is 5. The molecule has 0 aliphatic carbocycles. The van der Waals surface area contributed by atoms with E-state index in [4.69, 9.17) is 9.97 Å². The molecule has 2 aliphatic rings. The lowest BCUT2D eigenvalue weighted by molar-refractivity contribution is -0.137. The van der Waals surface area contributed by atoms with Crippen molar-refractivity contribution in [1.82, 2.24) is 19.8 Å². The van der Waals surface area contributed by atoms with Crippen LogP contribution in [-0.4, -0.2) is 64.9 Å². The molecule has 0 radical (unpaired) electrons. The second kappa shape index (κ2) is 9.89. The van der Waals surface area contributed by atoms with Crippen molar-refractivity contribution >= 4 is 11.7 Å². The molecule has 188 valence electrons. The quantitative estimate of drug-likeness (QED) is 0.534. The fourth-order valence-corrected chi connectivity index (χ4v) is 4.83. The topological polar surface area (TPSA) is 52.6 Å². The third-order valence-corrected chi connectivity index (χ3v) is 6.91. The van der Waals surface area contributed by atoms with E-state index in [1.54, 1.807) is 4.90 Å². The summed E-state index contributed by atoms with van der Waals surface area (Å²) in [5, 5.41) is 0. The van der Waals surface area contributed by atoms with Gasteiger partial charge in [0.15, 0.2) is 5.82 Å². The van der Waals surface area contributed by atoms with Crippen LogP contribution in [0.2, 0.25) is 0 Å².